The molecule has 28 heavy (non-hydrogen) atoms. The lowest BCUT2D eigenvalue weighted by molar-refractivity contribution is -0.384. The number of amidine groups is 1. The SMILES string of the molecule is CCN1C(=O)/C(=C\c2ccc([N+](=O)[O-])cc2)SC1=Nc1cccc(C(=O)O)c1. The number of non-ortho nitro benzene ring substituents is 1. The number of aliphatic imine (C=N–C) groups is 1. The molecule has 1 aliphatic rings. The lowest BCUT2D eigenvalue weighted by Gasteiger charge is -2.12. The first-order valence-corrected chi connectivity index (χ1v) is 9.08. The first kappa shape index (κ1) is 19.3. The number of thioether (sulfide) groups is 1. The third kappa shape index (κ3) is 4.09. The van der Waals surface area contributed by atoms with Crippen molar-refractivity contribution >= 4 is 46.3 Å². The van der Waals surface area contributed by atoms with Crippen LogP contribution in [0.3, 0.4) is 0 Å². The molecule has 1 saturated heterocycles. The van der Waals surface area contributed by atoms with Gasteiger partial charge in [0.2, 0.25) is 0 Å². The van der Waals surface area contributed by atoms with Gasteiger partial charge in [0.05, 0.1) is 21.1 Å². The first-order valence-electron chi connectivity index (χ1n) is 8.27. The Labute approximate surface area is 164 Å². The van der Waals surface area contributed by atoms with Crippen molar-refractivity contribution in [3.8, 4) is 0 Å². The van der Waals surface area contributed by atoms with E-state index in [-0.39, 0.29) is 17.2 Å². The molecule has 1 aliphatic heterocycles. The standard InChI is InChI=1S/C19H15N3O5S/c1-2-21-17(23)16(10-12-6-8-15(9-7-12)22(26)27)28-19(21)20-14-5-3-4-13(11-14)18(24)25/h3-11H,2H2,1H3,(H,24,25)/b16-10+,20-19?. The highest BCUT2D eigenvalue weighted by molar-refractivity contribution is 8.18. The van der Waals surface area contributed by atoms with Crippen molar-refractivity contribution in [1.29, 1.82) is 0 Å². The summed E-state index contributed by atoms with van der Waals surface area (Å²) < 4.78 is 0. The third-order valence-electron chi connectivity index (χ3n) is 3.92. The van der Waals surface area contributed by atoms with Gasteiger partial charge in [-0.1, -0.05) is 6.07 Å². The normalized spacial score (nSPS) is 16.8. The lowest BCUT2D eigenvalue weighted by atomic mass is 10.2. The maximum atomic E-state index is 12.6. The zero-order valence-electron chi connectivity index (χ0n) is 14.7. The number of nitrogens with zero attached hydrogens (tertiary/aromatic N) is 3. The molecule has 8 nitrogen and oxygen atoms in total. The van der Waals surface area contributed by atoms with Crippen molar-refractivity contribution in [3.63, 3.8) is 0 Å². The average Bonchev–Trinajstić information content (AvgIpc) is 2.96. The highest BCUT2D eigenvalue weighted by Gasteiger charge is 2.32. The molecule has 0 saturated carbocycles. The predicted octanol–water partition coefficient (Wildman–Crippen LogP) is 3.92. The van der Waals surface area contributed by atoms with Crippen molar-refractivity contribution in [1.82, 2.24) is 4.90 Å². The summed E-state index contributed by atoms with van der Waals surface area (Å²) in [6.45, 7) is 2.22. The van der Waals surface area contributed by atoms with E-state index in [9.17, 15) is 19.7 Å². The van der Waals surface area contributed by atoms with Gasteiger partial charge < -0.3 is 5.11 Å². The summed E-state index contributed by atoms with van der Waals surface area (Å²) in [6.07, 6.45) is 1.65. The topological polar surface area (TPSA) is 113 Å². The molecule has 1 fully saturated rings. The molecule has 1 heterocycles. The molecule has 0 aliphatic carbocycles. The second-order valence-electron chi connectivity index (χ2n) is 5.76. The van der Waals surface area contributed by atoms with Crippen LogP contribution in [0.2, 0.25) is 0 Å². The highest BCUT2D eigenvalue weighted by Crippen LogP contribution is 2.34. The smallest absolute Gasteiger partial charge is 0.335 e. The zero-order chi connectivity index (χ0) is 20.3. The van der Waals surface area contributed by atoms with E-state index in [1.54, 1.807) is 30.3 Å². The number of hydrogen-bond donors (Lipinski definition) is 1. The Morgan fingerprint density at radius 3 is 2.61 bits per heavy atom. The summed E-state index contributed by atoms with van der Waals surface area (Å²) in [5.74, 6) is -1.28. The summed E-state index contributed by atoms with van der Waals surface area (Å²) in [5, 5.41) is 20.3. The molecule has 0 unspecified atom stereocenters. The molecule has 3 rings (SSSR count). The van der Waals surface area contributed by atoms with Gasteiger partial charge in [-0.25, -0.2) is 9.79 Å². The van der Waals surface area contributed by atoms with Crippen molar-refractivity contribution in [3.05, 3.63) is 74.7 Å². The lowest BCUT2D eigenvalue weighted by Crippen LogP contribution is -2.28. The molecule has 2 aromatic rings. The highest BCUT2D eigenvalue weighted by atomic mass is 32.2. The molecule has 0 bridgehead atoms. The van der Waals surface area contributed by atoms with E-state index in [0.717, 1.165) is 0 Å². The average molecular weight is 397 g/mol. The van der Waals surface area contributed by atoms with Gasteiger partial charge in [0.1, 0.15) is 0 Å². The Kier molecular flexibility index (Phi) is 5.55. The Hall–Kier alpha value is -3.46. The number of carboxylic acid groups (broad SMARTS) is 1. The van der Waals surface area contributed by atoms with Crippen LogP contribution in [-0.2, 0) is 4.79 Å². The second kappa shape index (κ2) is 8.05. The largest absolute Gasteiger partial charge is 0.478 e. The minimum Gasteiger partial charge on any atom is -0.478 e. The quantitative estimate of drug-likeness (QED) is 0.465. The molecule has 0 radical (unpaired) electrons. The minimum atomic E-state index is -1.05. The van der Waals surface area contributed by atoms with Crippen LogP contribution < -0.4 is 0 Å². The van der Waals surface area contributed by atoms with Crippen LogP contribution in [0.25, 0.3) is 6.08 Å². The van der Waals surface area contributed by atoms with Crippen molar-refractivity contribution in [2.24, 2.45) is 4.99 Å². The maximum absolute atomic E-state index is 12.6. The summed E-state index contributed by atoms with van der Waals surface area (Å²) in [6, 6.07) is 12.1. The number of rotatable bonds is 5. The van der Waals surface area contributed by atoms with Crippen LogP contribution in [0, 0.1) is 10.1 Å². The van der Waals surface area contributed by atoms with Crippen molar-refractivity contribution in [2.75, 3.05) is 6.54 Å². The molecule has 1 N–H and O–H groups in total. The summed E-state index contributed by atoms with van der Waals surface area (Å²) in [4.78, 5) is 40.4. The number of likely N-dealkylation sites (N-methyl/N-ethyl adjacent to an activating group) is 1. The molecule has 9 heteroatoms. The van der Waals surface area contributed by atoms with E-state index >= 15 is 0 Å². The third-order valence-corrected chi connectivity index (χ3v) is 4.93. The number of nitro groups is 1. The van der Waals surface area contributed by atoms with Crippen LogP contribution in [0.1, 0.15) is 22.8 Å². The van der Waals surface area contributed by atoms with E-state index in [2.05, 4.69) is 4.99 Å². The Morgan fingerprint density at radius 1 is 1.29 bits per heavy atom. The maximum Gasteiger partial charge on any atom is 0.335 e. The molecular formula is C19H15N3O5S. The van der Waals surface area contributed by atoms with Crippen LogP contribution >= 0.6 is 11.8 Å². The van der Waals surface area contributed by atoms with E-state index < -0.39 is 10.9 Å². The van der Waals surface area contributed by atoms with E-state index in [4.69, 9.17) is 5.11 Å². The minimum absolute atomic E-state index is 0.0247. The van der Waals surface area contributed by atoms with Gasteiger partial charge in [-0.15, -0.1) is 0 Å². The molecule has 142 valence electrons. The summed E-state index contributed by atoms with van der Waals surface area (Å²) in [7, 11) is 0. The molecule has 0 aromatic heterocycles. The van der Waals surface area contributed by atoms with Gasteiger partial charge in [-0.2, -0.15) is 0 Å². The van der Waals surface area contributed by atoms with Gasteiger partial charge in [-0.05, 0) is 60.7 Å². The van der Waals surface area contributed by atoms with Crippen molar-refractivity contribution < 1.29 is 19.6 Å². The van der Waals surface area contributed by atoms with Gasteiger partial charge in [0.15, 0.2) is 5.17 Å². The van der Waals surface area contributed by atoms with Gasteiger partial charge >= 0.3 is 5.97 Å². The first-order chi connectivity index (χ1) is 13.4. The van der Waals surface area contributed by atoms with Crippen LogP contribution in [0.15, 0.2) is 58.4 Å². The number of amides is 1. The number of hydrogen-bond acceptors (Lipinski definition) is 6. The predicted molar refractivity (Wildman–Crippen MR) is 107 cm³/mol. The Bertz CT molecular complexity index is 1010. The summed E-state index contributed by atoms with van der Waals surface area (Å²) in [5.41, 5.74) is 1.18. The molecular weight excluding hydrogens is 382 g/mol. The van der Waals surface area contributed by atoms with Crippen LogP contribution in [-0.4, -0.2) is 38.5 Å². The Balaban J connectivity index is 1.91. The van der Waals surface area contributed by atoms with Gasteiger partial charge in [0.25, 0.3) is 11.6 Å². The number of benzene rings is 2. The fourth-order valence-electron chi connectivity index (χ4n) is 2.53. The fourth-order valence-corrected chi connectivity index (χ4v) is 3.60. The fraction of sp³-hybridized carbons (Fsp3) is 0.105. The van der Waals surface area contributed by atoms with Gasteiger partial charge in [-0.3, -0.25) is 19.8 Å². The number of carbonyl (C=O) groups excluding carboxylic acids is 1. The van der Waals surface area contributed by atoms with E-state index in [0.29, 0.717) is 27.9 Å². The number of nitro benzene ring substituents is 1. The molecule has 2 aromatic carbocycles. The number of carboxylic acids is 1. The van der Waals surface area contributed by atoms with Crippen LogP contribution in [0.4, 0.5) is 11.4 Å². The molecule has 0 spiro atoms. The van der Waals surface area contributed by atoms with E-state index in [1.165, 1.54) is 40.9 Å². The summed E-state index contributed by atoms with van der Waals surface area (Å²) >= 11 is 1.17. The number of carbonyl (C=O) groups is 2. The number of aromatic carboxylic acids is 1. The monoisotopic (exact) mass is 397 g/mol. The van der Waals surface area contributed by atoms with Crippen molar-refractivity contribution in [2.45, 2.75) is 6.92 Å². The molecule has 1 amide bonds. The zero-order valence-corrected chi connectivity index (χ0v) is 15.5. The van der Waals surface area contributed by atoms with Crippen LogP contribution in [0.5, 0.6) is 0 Å². The Morgan fingerprint density at radius 2 is 2.00 bits per heavy atom. The molecule has 0 atom stereocenters. The van der Waals surface area contributed by atoms with E-state index in [1.807, 2.05) is 6.92 Å². The second-order valence-corrected chi connectivity index (χ2v) is 6.77. The van der Waals surface area contributed by atoms with Gasteiger partial charge in [0, 0.05) is 18.7 Å².